The molecule has 0 radical (unpaired) electrons. The summed E-state index contributed by atoms with van der Waals surface area (Å²) in [5.41, 5.74) is 1.21. The molecule has 3 aromatic rings. The molecule has 0 N–H and O–H groups in total. The molecule has 0 aliphatic heterocycles. The Hall–Kier alpha value is -1.78. The van der Waals surface area contributed by atoms with Gasteiger partial charge >= 0.3 is 0 Å². The van der Waals surface area contributed by atoms with E-state index in [1.807, 2.05) is 42.5 Å². The fourth-order valence-corrected chi connectivity index (χ4v) is 3.48. The number of methoxy groups -OCH3 is 1. The summed E-state index contributed by atoms with van der Waals surface area (Å²) in [4.78, 5) is 2.36. The fourth-order valence-electron chi connectivity index (χ4n) is 1.81. The van der Waals surface area contributed by atoms with Gasteiger partial charge in [0.25, 0.3) is 0 Å². The molecule has 0 atom stereocenters. The third-order valence-corrected chi connectivity index (χ3v) is 4.71. The maximum absolute atomic E-state index is 5.16. The van der Waals surface area contributed by atoms with Crippen molar-refractivity contribution in [3.05, 3.63) is 60.7 Å². The van der Waals surface area contributed by atoms with Gasteiger partial charge in [-0.25, -0.2) is 0 Å². The predicted octanol–water partition coefficient (Wildman–Crippen LogP) is 4.97. The maximum Gasteiger partial charge on any atom is 0.118 e. The summed E-state index contributed by atoms with van der Waals surface area (Å²) in [6.45, 7) is 0. The third kappa shape index (κ3) is 3.03. The zero-order valence-electron chi connectivity index (χ0n) is 10.9. The third-order valence-electron chi connectivity index (χ3n) is 2.83. The predicted molar refractivity (Wildman–Crippen MR) is 84.7 cm³/mol. The Labute approximate surface area is 126 Å². The highest BCUT2D eigenvalue weighted by atomic mass is 32.2. The lowest BCUT2D eigenvalue weighted by molar-refractivity contribution is 0.414. The van der Waals surface area contributed by atoms with E-state index in [0.717, 1.165) is 15.7 Å². The van der Waals surface area contributed by atoms with Gasteiger partial charge in [0.2, 0.25) is 0 Å². The topological polar surface area (TPSA) is 22.1 Å². The lowest BCUT2D eigenvalue weighted by Crippen LogP contribution is -1.81. The van der Waals surface area contributed by atoms with Crippen LogP contribution in [0.5, 0.6) is 5.75 Å². The molecule has 0 saturated carbocycles. The van der Waals surface area contributed by atoms with Crippen LogP contribution in [0.2, 0.25) is 0 Å². The highest BCUT2D eigenvalue weighted by molar-refractivity contribution is 7.99. The molecule has 2 nitrogen and oxygen atoms in total. The second kappa shape index (κ2) is 6.11. The van der Waals surface area contributed by atoms with E-state index in [2.05, 4.69) is 22.6 Å². The van der Waals surface area contributed by atoms with Gasteiger partial charge in [-0.15, -0.1) is 0 Å². The molecule has 20 heavy (non-hydrogen) atoms. The van der Waals surface area contributed by atoms with Crippen molar-refractivity contribution in [3.8, 4) is 16.2 Å². The summed E-state index contributed by atoms with van der Waals surface area (Å²) in [5, 5.41) is 1.03. The van der Waals surface area contributed by atoms with Crippen LogP contribution in [0, 0.1) is 0 Å². The average Bonchev–Trinajstić information content (AvgIpc) is 2.97. The Morgan fingerprint density at radius 3 is 2.45 bits per heavy atom. The van der Waals surface area contributed by atoms with Crippen molar-refractivity contribution in [2.45, 2.75) is 9.92 Å². The summed E-state index contributed by atoms with van der Waals surface area (Å²) < 4.78 is 9.66. The Balaban J connectivity index is 1.77. The minimum atomic E-state index is 0.873. The monoisotopic (exact) mass is 299 g/mol. The molecule has 0 bridgehead atoms. The molecule has 1 heterocycles. The number of nitrogens with zero attached hydrogens (tertiary/aromatic N) is 1. The molecule has 1 aromatic heterocycles. The van der Waals surface area contributed by atoms with Crippen LogP contribution >= 0.6 is 23.3 Å². The molecule has 100 valence electrons. The van der Waals surface area contributed by atoms with Crippen LogP contribution < -0.4 is 4.74 Å². The first-order chi connectivity index (χ1) is 9.85. The van der Waals surface area contributed by atoms with E-state index >= 15 is 0 Å². The molecule has 4 heteroatoms. The van der Waals surface area contributed by atoms with Gasteiger partial charge < -0.3 is 4.74 Å². The van der Waals surface area contributed by atoms with Crippen molar-refractivity contribution in [3.63, 3.8) is 0 Å². The van der Waals surface area contributed by atoms with Crippen LogP contribution in [0.1, 0.15) is 0 Å². The number of hydrogen-bond acceptors (Lipinski definition) is 4. The Kier molecular flexibility index (Phi) is 4.04. The van der Waals surface area contributed by atoms with E-state index in [9.17, 15) is 0 Å². The minimum absolute atomic E-state index is 0.873. The average molecular weight is 299 g/mol. The summed E-state index contributed by atoms with van der Waals surface area (Å²) in [6, 6.07) is 20.5. The maximum atomic E-state index is 5.16. The zero-order chi connectivity index (χ0) is 13.8. The van der Waals surface area contributed by atoms with Crippen LogP contribution in [0.15, 0.2) is 70.6 Å². The number of rotatable bonds is 4. The lowest BCUT2D eigenvalue weighted by Gasteiger charge is -2.00. The summed E-state index contributed by atoms with van der Waals surface area (Å²) in [7, 11) is 1.68. The van der Waals surface area contributed by atoms with Crippen molar-refractivity contribution in [2.75, 3.05) is 7.11 Å². The zero-order valence-corrected chi connectivity index (χ0v) is 12.6. The van der Waals surface area contributed by atoms with Crippen molar-refractivity contribution >= 4 is 23.3 Å². The number of hydrogen-bond donors (Lipinski definition) is 0. The molecule has 0 saturated heterocycles. The van der Waals surface area contributed by atoms with Crippen LogP contribution in [0.25, 0.3) is 10.4 Å². The number of benzene rings is 2. The van der Waals surface area contributed by atoms with Crippen LogP contribution in [-0.4, -0.2) is 11.5 Å². The minimum Gasteiger partial charge on any atom is -0.497 e. The Bertz CT molecular complexity index is 677. The van der Waals surface area contributed by atoms with Crippen LogP contribution in [0.3, 0.4) is 0 Å². The van der Waals surface area contributed by atoms with Gasteiger partial charge in [0.1, 0.15) is 10.8 Å². The van der Waals surface area contributed by atoms with Crippen molar-refractivity contribution in [1.82, 2.24) is 4.37 Å². The number of ether oxygens (including phenoxy) is 1. The molecule has 0 aliphatic carbocycles. The van der Waals surface area contributed by atoms with Crippen LogP contribution in [-0.2, 0) is 0 Å². The van der Waals surface area contributed by atoms with E-state index in [-0.39, 0.29) is 0 Å². The van der Waals surface area contributed by atoms with Gasteiger partial charge in [0.15, 0.2) is 0 Å². The summed E-state index contributed by atoms with van der Waals surface area (Å²) in [6.07, 6.45) is 0. The van der Waals surface area contributed by atoms with Gasteiger partial charge in [0, 0.05) is 4.90 Å². The standard InChI is InChI=1S/C16H13NOS2/c1-18-13-7-9-14(10-8-13)19-16-11-15(20-17-16)12-5-3-2-4-6-12/h2-11H,1H3. The first-order valence-corrected chi connectivity index (χ1v) is 7.78. The van der Waals surface area contributed by atoms with Crippen LogP contribution in [0.4, 0.5) is 0 Å². The second-order valence-electron chi connectivity index (χ2n) is 4.17. The van der Waals surface area contributed by atoms with Gasteiger partial charge in [-0.1, -0.05) is 42.1 Å². The fraction of sp³-hybridized carbons (Fsp3) is 0.0625. The largest absolute Gasteiger partial charge is 0.497 e. The SMILES string of the molecule is COc1ccc(Sc2cc(-c3ccccc3)sn2)cc1. The first kappa shape index (κ1) is 13.2. The molecule has 0 spiro atoms. The number of aromatic nitrogens is 1. The normalized spacial score (nSPS) is 10.4. The first-order valence-electron chi connectivity index (χ1n) is 6.19. The van der Waals surface area contributed by atoms with Crippen molar-refractivity contribution in [2.24, 2.45) is 0 Å². The van der Waals surface area contributed by atoms with Crippen molar-refractivity contribution < 1.29 is 4.74 Å². The molecule has 0 amide bonds. The molecule has 0 fully saturated rings. The van der Waals surface area contributed by atoms with Gasteiger partial charge in [-0.05, 0) is 47.4 Å². The van der Waals surface area contributed by atoms with Gasteiger partial charge in [0.05, 0.1) is 12.0 Å². The Morgan fingerprint density at radius 1 is 1.00 bits per heavy atom. The van der Waals surface area contributed by atoms with Gasteiger partial charge in [-0.2, -0.15) is 4.37 Å². The van der Waals surface area contributed by atoms with E-state index in [4.69, 9.17) is 4.74 Å². The van der Waals surface area contributed by atoms with Crippen molar-refractivity contribution in [1.29, 1.82) is 0 Å². The highest BCUT2D eigenvalue weighted by Gasteiger charge is 2.06. The molecule has 3 rings (SSSR count). The molecular formula is C16H13NOS2. The van der Waals surface area contributed by atoms with E-state index in [0.29, 0.717) is 0 Å². The van der Waals surface area contributed by atoms with Gasteiger partial charge in [-0.3, -0.25) is 0 Å². The lowest BCUT2D eigenvalue weighted by atomic mass is 10.2. The quantitative estimate of drug-likeness (QED) is 0.679. The molecular weight excluding hydrogens is 286 g/mol. The van der Waals surface area contributed by atoms with E-state index in [1.165, 1.54) is 22.0 Å². The molecule has 2 aromatic carbocycles. The summed E-state index contributed by atoms with van der Waals surface area (Å²) >= 11 is 3.20. The smallest absolute Gasteiger partial charge is 0.118 e. The highest BCUT2D eigenvalue weighted by Crippen LogP contribution is 2.33. The second-order valence-corrected chi connectivity index (χ2v) is 6.07. The van der Waals surface area contributed by atoms with E-state index in [1.54, 1.807) is 18.9 Å². The molecule has 0 unspecified atom stereocenters. The Morgan fingerprint density at radius 2 is 1.75 bits per heavy atom. The molecule has 0 aliphatic rings. The summed E-state index contributed by atoms with van der Waals surface area (Å²) in [5.74, 6) is 0.873. The van der Waals surface area contributed by atoms with E-state index < -0.39 is 0 Å².